The summed E-state index contributed by atoms with van der Waals surface area (Å²) in [5, 5.41) is 0.418. The predicted molar refractivity (Wildman–Crippen MR) is 84.2 cm³/mol. The van der Waals surface area contributed by atoms with Crippen molar-refractivity contribution in [3.05, 3.63) is 63.7 Å². The number of hydrogen-bond donors (Lipinski definition) is 0. The van der Waals surface area contributed by atoms with E-state index < -0.39 is 0 Å². The summed E-state index contributed by atoms with van der Waals surface area (Å²) in [6.45, 7) is 0. The lowest BCUT2D eigenvalue weighted by Crippen LogP contribution is -1.96. The van der Waals surface area contributed by atoms with Gasteiger partial charge < -0.3 is 4.74 Å². The van der Waals surface area contributed by atoms with Gasteiger partial charge in [-0.05, 0) is 53.6 Å². The zero-order chi connectivity index (χ0) is 14.1. The minimum Gasteiger partial charge on any atom is -0.495 e. The second kappa shape index (κ2) is 5.67. The Morgan fingerprint density at radius 2 is 1.70 bits per heavy atom. The van der Waals surface area contributed by atoms with Crippen LogP contribution in [0.25, 0.3) is 0 Å². The van der Waals surface area contributed by atoms with E-state index in [-0.39, 0.29) is 5.38 Å². The molecule has 1 aliphatic rings. The molecule has 0 N–H and O–H groups in total. The van der Waals surface area contributed by atoms with Crippen LogP contribution in [0.1, 0.15) is 34.1 Å². The summed E-state index contributed by atoms with van der Waals surface area (Å²) in [7, 11) is 1.61. The maximum atomic E-state index is 6.60. The second-order valence-corrected chi connectivity index (χ2v) is 5.98. The van der Waals surface area contributed by atoms with Crippen molar-refractivity contribution in [3.8, 4) is 5.75 Å². The van der Waals surface area contributed by atoms with Crippen LogP contribution in [0.3, 0.4) is 0 Å². The van der Waals surface area contributed by atoms with Crippen molar-refractivity contribution in [2.75, 3.05) is 7.11 Å². The lowest BCUT2D eigenvalue weighted by molar-refractivity contribution is 0.415. The lowest BCUT2D eigenvalue weighted by atomic mass is 10.00. The smallest absolute Gasteiger partial charge is 0.137 e. The molecule has 1 nitrogen and oxygen atoms in total. The molecule has 3 heteroatoms. The van der Waals surface area contributed by atoms with Crippen molar-refractivity contribution < 1.29 is 4.74 Å². The second-order valence-electron chi connectivity index (χ2n) is 5.14. The van der Waals surface area contributed by atoms with E-state index >= 15 is 0 Å². The standard InChI is InChI=1S/C17H16Cl2O/c1-20-16-8-7-14(10-15(16)18)17(19)13-6-5-11-3-2-4-12(11)9-13/h5-10,17H,2-4H2,1H3. The topological polar surface area (TPSA) is 9.23 Å². The Kier molecular flexibility index (Phi) is 3.91. The van der Waals surface area contributed by atoms with Gasteiger partial charge in [0.25, 0.3) is 0 Å². The fraction of sp³-hybridized carbons (Fsp3) is 0.294. The van der Waals surface area contributed by atoms with Crippen molar-refractivity contribution in [3.63, 3.8) is 0 Å². The Balaban J connectivity index is 1.92. The molecule has 1 unspecified atom stereocenters. The molecule has 0 aromatic heterocycles. The Hall–Kier alpha value is -1.18. The SMILES string of the molecule is COc1ccc(C(Cl)c2ccc3c(c2)CCC3)cc1Cl. The summed E-state index contributed by atoms with van der Waals surface area (Å²) in [6, 6.07) is 12.3. The fourth-order valence-corrected chi connectivity index (χ4v) is 3.32. The Morgan fingerprint density at radius 1 is 1.00 bits per heavy atom. The zero-order valence-electron chi connectivity index (χ0n) is 11.3. The van der Waals surface area contributed by atoms with Crippen LogP contribution >= 0.6 is 23.2 Å². The highest BCUT2D eigenvalue weighted by Gasteiger charge is 2.16. The van der Waals surface area contributed by atoms with Crippen LogP contribution < -0.4 is 4.74 Å². The number of ether oxygens (including phenoxy) is 1. The molecule has 0 amide bonds. The lowest BCUT2D eigenvalue weighted by Gasteiger charge is -2.13. The van der Waals surface area contributed by atoms with Gasteiger partial charge in [0.1, 0.15) is 5.75 Å². The molecular formula is C17H16Cl2O. The summed E-state index contributed by atoms with van der Waals surface area (Å²) in [4.78, 5) is 0. The molecule has 20 heavy (non-hydrogen) atoms. The van der Waals surface area contributed by atoms with Gasteiger partial charge in [0.05, 0.1) is 17.5 Å². The number of hydrogen-bond acceptors (Lipinski definition) is 1. The highest BCUT2D eigenvalue weighted by molar-refractivity contribution is 6.32. The van der Waals surface area contributed by atoms with E-state index in [2.05, 4.69) is 18.2 Å². The van der Waals surface area contributed by atoms with Gasteiger partial charge in [-0.15, -0.1) is 11.6 Å². The van der Waals surface area contributed by atoms with Gasteiger partial charge in [-0.3, -0.25) is 0 Å². The van der Waals surface area contributed by atoms with Crippen molar-refractivity contribution in [2.24, 2.45) is 0 Å². The van der Waals surface area contributed by atoms with Gasteiger partial charge in [0.15, 0.2) is 0 Å². The molecule has 3 rings (SSSR count). The summed E-state index contributed by atoms with van der Waals surface area (Å²) < 4.78 is 5.17. The number of methoxy groups -OCH3 is 1. The van der Waals surface area contributed by atoms with Gasteiger partial charge in [-0.1, -0.05) is 35.9 Å². The minimum atomic E-state index is -0.177. The number of rotatable bonds is 3. The molecule has 0 saturated carbocycles. The normalized spacial score (nSPS) is 14.9. The molecular weight excluding hydrogens is 291 g/mol. The van der Waals surface area contributed by atoms with E-state index in [0.29, 0.717) is 10.8 Å². The van der Waals surface area contributed by atoms with Crippen LogP contribution in [-0.2, 0) is 12.8 Å². The number of aryl methyl sites for hydroxylation is 2. The third-order valence-corrected chi connectivity index (χ3v) is 4.68. The van der Waals surface area contributed by atoms with Gasteiger partial charge in [-0.2, -0.15) is 0 Å². The maximum Gasteiger partial charge on any atom is 0.137 e. The van der Waals surface area contributed by atoms with Gasteiger partial charge >= 0.3 is 0 Å². The third kappa shape index (κ3) is 2.53. The average molecular weight is 307 g/mol. The van der Waals surface area contributed by atoms with Crippen molar-refractivity contribution in [1.82, 2.24) is 0 Å². The van der Waals surface area contributed by atoms with Crippen molar-refractivity contribution in [1.29, 1.82) is 0 Å². The highest BCUT2D eigenvalue weighted by atomic mass is 35.5. The first kappa shape index (κ1) is 13.8. The highest BCUT2D eigenvalue weighted by Crippen LogP contribution is 2.35. The molecule has 0 radical (unpaired) electrons. The van der Waals surface area contributed by atoms with E-state index in [4.69, 9.17) is 27.9 Å². The summed E-state index contributed by atoms with van der Waals surface area (Å²) in [5.41, 5.74) is 5.03. The van der Waals surface area contributed by atoms with Crippen LogP contribution in [0.5, 0.6) is 5.75 Å². The number of fused-ring (bicyclic) bond motifs is 1. The van der Waals surface area contributed by atoms with Gasteiger partial charge in [0.2, 0.25) is 0 Å². The first-order valence-electron chi connectivity index (χ1n) is 6.78. The van der Waals surface area contributed by atoms with Gasteiger partial charge in [0, 0.05) is 0 Å². The molecule has 2 aromatic carbocycles. The van der Waals surface area contributed by atoms with E-state index in [0.717, 1.165) is 17.5 Å². The molecule has 1 aliphatic carbocycles. The maximum absolute atomic E-state index is 6.60. The molecule has 2 aromatic rings. The third-order valence-electron chi connectivity index (χ3n) is 3.88. The summed E-state index contributed by atoms with van der Waals surface area (Å²) in [6.07, 6.45) is 3.60. The molecule has 0 spiro atoms. The van der Waals surface area contributed by atoms with Crippen LogP contribution in [0.15, 0.2) is 36.4 Å². The first-order valence-corrected chi connectivity index (χ1v) is 7.59. The van der Waals surface area contributed by atoms with E-state index in [1.807, 2.05) is 18.2 Å². The molecule has 0 heterocycles. The Labute approximate surface area is 129 Å². The minimum absolute atomic E-state index is 0.177. The molecule has 0 saturated heterocycles. The van der Waals surface area contributed by atoms with Crippen LogP contribution in [0.4, 0.5) is 0 Å². The number of benzene rings is 2. The summed E-state index contributed by atoms with van der Waals surface area (Å²) in [5.74, 6) is 0.674. The molecule has 0 fully saturated rings. The predicted octanol–water partition coefficient (Wildman–Crippen LogP) is 5.17. The number of halogens is 2. The molecule has 0 bridgehead atoms. The van der Waals surface area contributed by atoms with E-state index in [9.17, 15) is 0 Å². The van der Waals surface area contributed by atoms with Crippen LogP contribution in [0.2, 0.25) is 5.02 Å². The molecule has 1 atom stereocenters. The molecule has 104 valence electrons. The molecule has 0 aliphatic heterocycles. The Morgan fingerprint density at radius 3 is 2.45 bits per heavy atom. The monoisotopic (exact) mass is 306 g/mol. The quantitative estimate of drug-likeness (QED) is 0.711. The van der Waals surface area contributed by atoms with Crippen LogP contribution in [0, 0.1) is 0 Å². The van der Waals surface area contributed by atoms with Crippen molar-refractivity contribution in [2.45, 2.75) is 24.6 Å². The zero-order valence-corrected chi connectivity index (χ0v) is 12.8. The largest absolute Gasteiger partial charge is 0.495 e. The Bertz CT molecular complexity index is 637. The fourth-order valence-electron chi connectivity index (χ4n) is 2.78. The van der Waals surface area contributed by atoms with Crippen LogP contribution in [-0.4, -0.2) is 7.11 Å². The number of alkyl halides is 1. The van der Waals surface area contributed by atoms with Gasteiger partial charge in [-0.25, -0.2) is 0 Å². The van der Waals surface area contributed by atoms with E-state index in [1.165, 1.54) is 24.0 Å². The average Bonchev–Trinajstić information content (AvgIpc) is 2.93. The first-order chi connectivity index (χ1) is 9.69. The summed E-state index contributed by atoms with van der Waals surface area (Å²) >= 11 is 12.8. The van der Waals surface area contributed by atoms with Crippen molar-refractivity contribution >= 4 is 23.2 Å². The van der Waals surface area contributed by atoms with E-state index in [1.54, 1.807) is 7.11 Å².